The molecule has 2 nitrogen and oxygen atoms in total. The van der Waals surface area contributed by atoms with Crippen molar-refractivity contribution in [3.05, 3.63) is 60.5 Å². The van der Waals surface area contributed by atoms with Crippen molar-refractivity contribution in [2.75, 3.05) is 5.73 Å². The minimum Gasteiger partial charge on any atom is -0.397 e. The van der Waals surface area contributed by atoms with Crippen molar-refractivity contribution < 1.29 is 4.39 Å². The van der Waals surface area contributed by atoms with Crippen LogP contribution in [-0.4, -0.2) is 4.98 Å². The molecule has 0 fully saturated rings. The van der Waals surface area contributed by atoms with E-state index in [9.17, 15) is 4.39 Å². The van der Waals surface area contributed by atoms with Crippen LogP contribution in [0.25, 0.3) is 10.9 Å². The predicted octanol–water partition coefficient (Wildman–Crippen LogP) is 4.11. The van der Waals surface area contributed by atoms with Crippen molar-refractivity contribution in [3.8, 4) is 0 Å². The number of benzene rings is 2. The second kappa shape index (κ2) is 4.90. The molecule has 0 atom stereocenters. The van der Waals surface area contributed by atoms with Gasteiger partial charge in [0.2, 0.25) is 0 Å². The van der Waals surface area contributed by atoms with Gasteiger partial charge >= 0.3 is 0 Å². The van der Waals surface area contributed by atoms with E-state index in [1.807, 2.05) is 30.3 Å². The minimum atomic E-state index is -0.233. The van der Waals surface area contributed by atoms with Gasteiger partial charge in [0.15, 0.2) is 0 Å². The average Bonchev–Trinajstić information content (AvgIpc) is 2.40. The molecule has 0 aliphatic heterocycles. The van der Waals surface area contributed by atoms with Gasteiger partial charge in [0.05, 0.1) is 11.2 Å². The highest BCUT2D eigenvalue weighted by Gasteiger charge is 2.06. The van der Waals surface area contributed by atoms with Crippen molar-refractivity contribution in [1.82, 2.24) is 4.98 Å². The third kappa shape index (κ3) is 2.39. The highest BCUT2D eigenvalue weighted by atomic mass is 32.2. The SMILES string of the molecule is Nc1cccc2c(Sc3cccc(F)c3)ccnc12. The Morgan fingerprint density at radius 1 is 1.05 bits per heavy atom. The van der Waals surface area contributed by atoms with Gasteiger partial charge in [-0.05, 0) is 30.3 Å². The Balaban J connectivity index is 2.08. The maximum absolute atomic E-state index is 13.2. The van der Waals surface area contributed by atoms with Crippen molar-refractivity contribution in [2.24, 2.45) is 0 Å². The molecule has 3 aromatic rings. The fourth-order valence-corrected chi connectivity index (χ4v) is 2.90. The van der Waals surface area contributed by atoms with Crippen LogP contribution in [0.1, 0.15) is 0 Å². The van der Waals surface area contributed by atoms with E-state index in [1.165, 1.54) is 23.9 Å². The number of hydrogen-bond donors (Lipinski definition) is 1. The number of aromatic nitrogens is 1. The fourth-order valence-electron chi connectivity index (χ4n) is 1.92. The van der Waals surface area contributed by atoms with Crippen LogP contribution in [0.15, 0.2) is 64.5 Å². The molecule has 0 amide bonds. The van der Waals surface area contributed by atoms with E-state index in [2.05, 4.69) is 4.98 Å². The van der Waals surface area contributed by atoms with Crippen LogP contribution < -0.4 is 5.73 Å². The summed E-state index contributed by atoms with van der Waals surface area (Å²) in [6.45, 7) is 0. The summed E-state index contributed by atoms with van der Waals surface area (Å²) >= 11 is 1.50. The van der Waals surface area contributed by atoms with E-state index in [-0.39, 0.29) is 5.82 Å². The molecule has 0 bridgehead atoms. The first-order chi connectivity index (χ1) is 9.24. The average molecular weight is 270 g/mol. The lowest BCUT2D eigenvalue weighted by molar-refractivity contribution is 0.624. The van der Waals surface area contributed by atoms with Crippen LogP contribution in [-0.2, 0) is 0 Å². The third-order valence-corrected chi connectivity index (χ3v) is 3.85. The van der Waals surface area contributed by atoms with Gasteiger partial charge in [-0.2, -0.15) is 0 Å². The molecule has 94 valence electrons. The lowest BCUT2D eigenvalue weighted by Gasteiger charge is -2.07. The zero-order valence-corrected chi connectivity index (χ0v) is 10.8. The molecular formula is C15H11FN2S. The summed E-state index contributed by atoms with van der Waals surface area (Å²) in [7, 11) is 0. The topological polar surface area (TPSA) is 38.9 Å². The number of fused-ring (bicyclic) bond motifs is 1. The molecule has 0 radical (unpaired) electrons. The quantitative estimate of drug-likeness (QED) is 0.712. The number of nitrogens with two attached hydrogens (primary N) is 1. The van der Waals surface area contributed by atoms with Crippen molar-refractivity contribution in [2.45, 2.75) is 9.79 Å². The van der Waals surface area contributed by atoms with Crippen molar-refractivity contribution in [3.63, 3.8) is 0 Å². The van der Waals surface area contributed by atoms with Crippen LogP contribution in [0.3, 0.4) is 0 Å². The smallest absolute Gasteiger partial charge is 0.124 e. The Morgan fingerprint density at radius 3 is 2.74 bits per heavy atom. The summed E-state index contributed by atoms with van der Waals surface area (Å²) in [4.78, 5) is 6.16. The molecule has 19 heavy (non-hydrogen) atoms. The number of pyridine rings is 1. The Bertz CT molecular complexity index is 743. The number of halogens is 1. The maximum Gasteiger partial charge on any atom is 0.124 e. The van der Waals surface area contributed by atoms with Crippen LogP contribution >= 0.6 is 11.8 Å². The first kappa shape index (κ1) is 12.0. The van der Waals surface area contributed by atoms with Gasteiger partial charge in [-0.3, -0.25) is 4.98 Å². The van der Waals surface area contributed by atoms with E-state index in [1.54, 1.807) is 12.3 Å². The highest BCUT2D eigenvalue weighted by Crippen LogP contribution is 2.34. The number of rotatable bonds is 2. The monoisotopic (exact) mass is 270 g/mol. The molecule has 1 aromatic heterocycles. The Kier molecular flexibility index (Phi) is 3.09. The van der Waals surface area contributed by atoms with Gasteiger partial charge in [-0.1, -0.05) is 30.0 Å². The summed E-state index contributed by atoms with van der Waals surface area (Å²) in [5.41, 5.74) is 7.34. The maximum atomic E-state index is 13.2. The van der Waals surface area contributed by atoms with Gasteiger partial charge in [0, 0.05) is 21.4 Å². The Labute approximate surface area is 114 Å². The van der Waals surface area contributed by atoms with Gasteiger partial charge in [-0.25, -0.2) is 4.39 Å². The number of nitrogens with zero attached hydrogens (tertiary/aromatic N) is 1. The molecule has 0 spiro atoms. The first-order valence-corrected chi connectivity index (χ1v) is 6.62. The van der Waals surface area contributed by atoms with Crippen LogP contribution in [0.5, 0.6) is 0 Å². The van der Waals surface area contributed by atoms with Crippen LogP contribution in [0.2, 0.25) is 0 Å². The Morgan fingerprint density at radius 2 is 1.89 bits per heavy atom. The van der Waals surface area contributed by atoms with Gasteiger partial charge < -0.3 is 5.73 Å². The zero-order valence-electron chi connectivity index (χ0n) is 10.0. The van der Waals surface area contributed by atoms with E-state index in [0.717, 1.165) is 20.7 Å². The number of para-hydroxylation sites is 1. The molecule has 2 aromatic carbocycles. The summed E-state index contributed by atoms with van der Waals surface area (Å²) in [6, 6.07) is 14.1. The van der Waals surface area contributed by atoms with Gasteiger partial charge in [0.1, 0.15) is 5.82 Å². The molecule has 0 aliphatic carbocycles. The third-order valence-electron chi connectivity index (χ3n) is 2.79. The van der Waals surface area contributed by atoms with E-state index < -0.39 is 0 Å². The predicted molar refractivity (Wildman–Crippen MR) is 76.7 cm³/mol. The van der Waals surface area contributed by atoms with Gasteiger partial charge in [-0.15, -0.1) is 0 Å². The van der Waals surface area contributed by atoms with Crippen molar-refractivity contribution >= 4 is 28.4 Å². The number of anilines is 1. The van der Waals surface area contributed by atoms with E-state index >= 15 is 0 Å². The molecule has 0 unspecified atom stereocenters. The Hall–Kier alpha value is -2.07. The summed E-state index contributed by atoms with van der Waals surface area (Å²) < 4.78 is 13.2. The van der Waals surface area contributed by atoms with Crippen LogP contribution in [0, 0.1) is 5.82 Å². The molecule has 2 N–H and O–H groups in total. The molecule has 0 aliphatic rings. The summed E-state index contributed by atoms with van der Waals surface area (Å²) in [6.07, 6.45) is 1.72. The zero-order chi connectivity index (χ0) is 13.2. The lowest BCUT2D eigenvalue weighted by atomic mass is 10.2. The molecule has 1 heterocycles. The second-order valence-electron chi connectivity index (χ2n) is 4.11. The van der Waals surface area contributed by atoms with Gasteiger partial charge in [0.25, 0.3) is 0 Å². The summed E-state index contributed by atoms with van der Waals surface area (Å²) in [5.74, 6) is -0.233. The standard InChI is InChI=1S/C15H11FN2S/c16-10-3-1-4-11(9-10)19-14-7-8-18-15-12(14)5-2-6-13(15)17/h1-9H,17H2. The number of nitrogen functional groups attached to an aromatic ring is 1. The highest BCUT2D eigenvalue weighted by molar-refractivity contribution is 7.99. The molecule has 3 rings (SSSR count). The van der Waals surface area contributed by atoms with E-state index in [4.69, 9.17) is 5.73 Å². The molecule has 0 saturated heterocycles. The van der Waals surface area contributed by atoms with Crippen LogP contribution in [0.4, 0.5) is 10.1 Å². The molecular weight excluding hydrogens is 259 g/mol. The lowest BCUT2D eigenvalue weighted by Crippen LogP contribution is -1.90. The summed E-state index contributed by atoms with van der Waals surface area (Å²) in [5, 5.41) is 0.983. The molecule has 4 heteroatoms. The second-order valence-corrected chi connectivity index (χ2v) is 5.23. The fraction of sp³-hybridized carbons (Fsp3) is 0. The minimum absolute atomic E-state index is 0.233. The van der Waals surface area contributed by atoms with Crippen molar-refractivity contribution in [1.29, 1.82) is 0 Å². The normalized spacial score (nSPS) is 10.8. The first-order valence-electron chi connectivity index (χ1n) is 5.81. The number of hydrogen-bond acceptors (Lipinski definition) is 3. The van der Waals surface area contributed by atoms with E-state index in [0.29, 0.717) is 5.69 Å². The largest absolute Gasteiger partial charge is 0.397 e. The molecule has 0 saturated carbocycles.